The maximum atomic E-state index is 14.2. The van der Waals surface area contributed by atoms with Crippen LogP contribution in [-0.4, -0.2) is 18.1 Å². The van der Waals surface area contributed by atoms with Crippen molar-refractivity contribution in [1.82, 2.24) is 4.98 Å². The highest BCUT2D eigenvalue weighted by Gasteiger charge is 2.24. The molecule has 1 aromatic rings. The first-order valence-corrected chi connectivity index (χ1v) is 7.09. The summed E-state index contributed by atoms with van der Waals surface area (Å²) < 4.78 is 14.2. The Morgan fingerprint density at radius 2 is 2.06 bits per heavy atom. The summed E-state index contributed by atoms with van der Waals surface area (Å²) in [5.74, 6) is 1.15. The lowest BCUT2D eigenvalue weighted by Crippen LogP contribution is -2.36. The molecule has 1 aliphatic rings. The first-order valence-electron chi connectivity index (χ1n) is 6.55. The fourth-order valence-electron chi connectivity index (χ4n) is 2.62. The van der Waals surface area contributed by atoms with Gasteiger partial charge in [0.1, 0.15) is 0 Å². The number of halogens is 2. The molecule has 0 N–H and O–H groups in total. The van der Waals surface area contributed by atoms with Crippen LogP contribution in [0.25, 0.3) is 0 Å². The van der Waals surface area contributed by atoms with Crippen molar-refractivity contribution in [2.24, 2.45) is 5.92 Å². The summed E-state index contributed by atoms with van der Waals surface area (Å²) in [6.07, 6.45) is 6.30. The fraction of sp³-hybridized carbons (Fsp3) is 0.643. The van der Waals surface area contributed by atoms with Crippen LogP contribution in [0.2, 0.25) is 0 Å². The SMILES string of the molecule is CC1CCC(N(C)c2nccc(CCl)c2F)CC1. The summed E-state index contributed by atoms with van der Waals surface area (Å²) in [6.45, 7) is 2.28. The second-order valence-electron chi connectivity index (χ2n) is 5.27. The fourth-order valence-corrected chi connectivity index (χ4v) is 2.83. The van der Waals surface area contributed by atoms with Gasteiger partial charge in [0, 0.05) is 24.8 Å². The maximum absolute atomic E-state index is 14.2. The molecule has 2 nitrogen and oxygen atoms in total. The summed E-state index contributed by atoms with van der Waals surface area (Å²) in [4.78, 5) is 6.16. The van der Waals surface area contributed by atoms with Crippen LogP contribution in [0.15, 0.2) is 12.3 Å². The minimum absolute atomic E-state index is 0.191. The molecule has 0 saturated heterocycles. The van der Waals surface area contributed by atoms with E-state index in [0.717, 1.165) is 18.8 Å². The Labute approximate surface area is 113 Å². The van der Waals surface area contributed by atoms with Crippen LogP contribution in [0.4, 0.5) is 10.2 Å². The van der Waals surface area contributed by atoms with Crippen molar-refractivity contribution in [2.45, 2.75) is 44.5 Å². The number of nitrogens with zero attached hydrogens (tertiary/aromatic N) is 2. The van der Waals surface area contributed by atoms with E-state index in [-0.39, 0.29) is 11.7 Å². The van der Waals surface area contributed by atoms with E-state index in [2.05, 4.69) is 11.9 Å². The Balaban J connectivity index is 2.15. The van der Waals surface area contributed by atoms with Crippen LogP contribution >= 0.6 is 11.6 Å². The molecule has 100 valence electrons. The maximum Gasteiger partial charge on any atom is 0.170 e. The molecule has 1 aromatic heterocycles. The molecule has 0 radical (unpaired) electrons. The molecule has 4 heteroatoms. The Hall–Kier alpha value is -0.830. The van der Waals surface area contributed by atoms with Gasteiger partial charge in [0.2, 0.25) is 0 Å². The molecule has 18 heavy (non-hydrogen) atoms. The average Bonchev–Trinajstić information content (AvgIpc) is 2.39. The zero-order chi connectivity index (χ0) is 13.1. The Kier molecular flexibility index (Phi) is 4.44. The van der Waals surface area contributed by atoms with Crippen molar-refractivity contribution < 1.29 is 4.39 Å². The normalized spacial score (nSPS) is 24.0. The summed E-state index contributed by atoms with van der Waals surface area (Å²) in [7, 11) is 1.93. The summed E-state index contributed by atoms with van der Waals surface area (Å²) >= 11 is 5.73. The number of aromatic nitrogens is 1. The molecule has 0 bridgehead atoms. The molecule has 1 saturated carbocycles. The lowest BCUT2D eigenvalue weighted by Gasteiger charge is -2.34. The third kappa shape index (κ3) is 2.77. The molecule has 0 aliphatic heterocycles. The molecule has 0 spiro atoms. The first kappa shape index (κ1) is 13.6. The lowest BCUT2D eigenvalue weighted by atomic mass is 9.87. The molecule has 0 unspecified atom stereocenters. The lowest BCUT2D eigenvalue weighted by molar-refractivity contribution is 0.338. The second-order valence-corrected chi connectivity index (χ2v) is 5.53. The van der Waals surface area contributed by atoms with Crippen LogP contribution < -0.4 is 4.90 Å². The monoisotopic (exact) mass is 270 g/mol. The molecule has 0 amide bonds. The van der Waals surface area contributed by atoms with Gasteiger partial charge in [-0.1, -0.05) is 6.92 Å². The van der Waals surface area contributed by atoms with Crippen LogP contribution in [0, 0.1) is 11.7 Å². The highest BCUT2D eigenvalue weighted by atomic mass is 35.5. The highest BCUT2D eigenvalue weighted by Crippen LogP contribution is 2.30. The molecule has 1 heterocycles. The molecule has 1 fully saturated rings. The van der Waals surface area contributed by atoms with E-state index in [9.17, 15) is 4.39 Å². The number of hydrogen-bond acceptors (Lipinski definition) is 2. The number of hydrogen-bond donors (Lipinski definition) is 0. The van der Waals surface area contributed by atoms with E-state index in [1.807, 2.05) is 11.9 Å². The van der Waals surface area contributed by atoms with Gasteiger partial charge in [-0.15, -0.1) is 11.6 Å². The molecular weight excluding hydrogens is 251 g/mol. The highest BCUT2D eigenvalue weighted by molar-refractivity contribution is 6.17. The predicted molar refractivity (Wildman–Crippen MR) is 73.6 cm³/mol. The van der Waals surface area contributed by atoms with Crippen LogP contribution in [0.3, 0.4) is 0 Å². The van der Waals surface area contributed by atoms with E-state index in [0.29, 0.717) is 17.4 Å². The van der Waals surface area contributed by atoms with Crippen molar-refractivity contribution in [3.05, 3.63) is 23.6 Å². The third-order valence-corrected chi connectivity index (χ3v) is 4.25. The van der Waals surface area contributed by atoms with Gasteiger partial charge in [0.25, 0.3) is 0 Å². The molecule has 0 atom stereocenters. The smallest absolute Gasteiger partial charge is 0.170 e. The van der Waals surface area contributed by atoms with E-state index in [1.165, 1.54) is 12.8 Å². The van der Waals surface area contributed by atoms with Gasteiger partial charge < -0.3 is 4.90 Å². The van der Waals surface area contributed by atoms with Crippen LogP contribution in [0.5, 0.6) is 0 Å². The first-order chi connectivity index (χ1) is 8.63. The van der Waals surface area contributed by atoms with Gasteiger partial charge in [-0.25, -0.2) is 9.37 Å². The minimum Gasteiger partial charge on any atom is -0.354 e. The van der Waals surface area contributed by atoms with Crippen molar-refractivity contribution in [1.29, 1.82) is 0 Å². The van der Waals surface area contributed by atoms with Gasteiger partial charge in [0.05, 0.1) is 5.88 Å². The second kappa shape index (κ2) is 5.87. The van der Waals surface area contributed by atoms with E-state index < -0.39 is 0 Å². The summed E-state index contributed by atoms with van der Waals surface area (Å²) in [5, 5.41) is 0. The van der Waals surface area contributed by atoms with Gasteiger partial charge in [-0.2, -0.15) is 0 Å². The van der Waals surface area contributed by atoms with Crippen LogP contribution in [0.1, 0.15) is 38.2 Å². The summed E-state index contributed by atoms with van der Waals surface area (Å²) in [6, 6.07) is 2.04. The predicted octanol–water partition coefficient (Wildman–Crippen LogP) is 3.97. The number of anilines is 1. The average molecular weight is 271 g/mol. The molecular formula is C14H20ClFN2. The Morgan fingerprint density at radius 3 is 2.67 bits per heavy atom. The van der Waals surface area contributed by atoms with Crippen LogP contribution in [-0.2, 0) is 5.88 Å². The Bertz CT molecular complexity index is 403. The van der Waals surface area contributed by atoms with Crippen molar-refractivity contribution in [2.75, 3.05) is 11.9 Å². The van der Waals surface area contributed by atoms with Gasteiger partial charge in [0.15, 0.2) is 11.6 Å². The zero-order valence-electron chi connectivity index (χ0n) is 11.0. The molecule has 2 rings (SSSR count). The Morgan fingerprint density at radius 1 is 1.39 bits per heavy atom. The van der Waals surface area contributed by atoms with Gasteiger partial charge >= 0.3 is 0 Å². The minimum atomic E-state index is -0.270. The number of alkyl halides is 1. The standard InChI is InChI=1S/C14H20ClFN2/c1-10-3-5-12(6-4-10)18(2)14-13(16)11(9-15)7-8-17-14/h7-8,10,12H,3-6,9H2,1-2H3. The largest absolute Gasteiger partial charge is 0.354 e. The van der Waals surface area contributed by atoms with Crippen molar-refractivity contribution in [3.8, 4) is 0 Å². The van der Waals surface area contributed by atoms with E-state index >= 15 is 0 Å². The molecule has 0 aromatic carbocycles. The number of pyridine rings is 1. The quantitative estimate of drug-likeness (QED) is 0.773. The van der Waals surface area contributed by atoms with E-state index in [4.69, 9.17) is 11.6 Å². The third-order valence-electron chi connectivity index (χ3n) is 3.96. The van der Waals surface area contributed by atoms with Gasteiger partial charge in [-0.05, 0) is 37.7 Å². The van der Waals surface area contributed by atoms with Gasteiger partial charge in [-0.3, -0.25) is 0 Å². The van der Waals surface area contributed by atoms with E-state index in [1.54, 1.807) is 12.3 Å². The van der Waals surface area contributed by atoms with Crippen molar-refractivity contribution >= 4 is 17.4 Å². The summed E-state index contributed by atoms with van der Waals surface area (Å²) in [5.41, 5.74) is 0.526. The van der Waals surface area contributed by atoms with Crippen molar-refractivity contribution in [3.63, 3.8) is 0 Å². The molecule has 1 aliphatic carbocycles. The topological polar surface area (TPSA) is 16.1 Å². The zero-order valence-corrected chi connectivity index (χ0v) is 11.8. The number of rotatable bonds is 3.